The van der Waals surface area contributed by atoms with Gasteiger partial charge in [-0.05, 0) is 47.7 Å². The van der Waals surface area contributed by atoms with E-state index in [4.69, 9.17) is 0 Å². The summed E-state index contributed by atoms with van der Waals surface area (Å²) in [4.78, 5) is 55.4. The summed E-state index contributed by atoms with van der Waals surface area (Å²) in [5, 5.41) is 2.96. The zero-order valence-corrected chi connectivity index (χ0v) is 22.8. The number of carbonyl (C=O) groups excluding carboxylic acids is 4. The maximum atomic E-state index is 13.7. The molecule has 7 nitrogen and oxygen atoms in total. The monoisotopic (exact) mass is 543 g/mol. The van der Waals surface area contributed by atoms with E-state index in [9.17, 15) is 23.6 Å². The molecule has 1 aliphatic heterocycles. The van der Waals surface area contributed by atoms with Crippen LogP contribution in [0.4, 0.5) is 4.39 Å². The number of nitrogens with zero attached hydrogens (tertiary/aromatic N) is 2. The van der Waals surface area contributed by atoms with Crippen molar-refractivity contribution in [1.82, 2.24) is 15.1 Å². The largest absolute Gasteiger partial charge is 0.354 e. The van der Waals surface area contributed by atoms with E-state index in [-0.39, 0.29) is 55.5 Å². The maximum Gasteiger partial charge on any atom is 0.261 e. The summed E-state index contributed by atoms with van der Waals surface area (Å²) in [7, 11) is 0. The minimum absolute atomic E-state index is 0.0251. The van der Waals surface area contributed by atoms with Gasteiger partial charge in [0.15, 0.2) is 0 Å². The molecule has 0 bridgehead atoms. The summed E-state index contributed by atoms with van der Waals surface area (Å²) >= 11 is 0. The Balaban J connectivity index is 1.53. The average Bonchev–Trinajstić information content (AvgIpc) is 3.20. The molecule has 1 heterocycles. The van der Waals surface area contributed by atoms with Crippen LogP contribution >= 0.6 is 0 Å². The van der Waals surface area contributed by atoms with Crippen LogP contribution in [0, 0.1) is 11.7 Å². The Morgan fingerprint density at radius 2 is 1.45 bits per heavy atom. The van der Waals surface area contributed by atoms with Crippen molar-refractivity contribution >= 4 is 23.6 Å². The molecule has 4 rings (SSSR count). The van der Waals surface area contributed by atoms with Gasteiger partial charge in [-0.15, -0.1) is 0 Å². The first kappa shape index (κ1) is 28.7. The minimum Gasteiger partial charge on any atom is -0.354 e. The lowest BCUT2D eigenvalue weighted by Gasteiger charge is -2.32. The summed E-state index contributed by atoms with van der Waals surface area (Å²) in [6.07, 6.45) is 0.573. The van der Waals surface area contributed by atoms with Gasteiger partial charge in [-0.1, -0.05) is 68.4 Å². The first-order valence-electron chi connectivity index (χ1n) is 13.6. The Kier molecular flexibility index (Phi) is 9.43. The molecule has 40 heavy (non-hydrogen) atoms. The average molecular weight is 544 g/mol. The highest BCUT2D eigenvalue weighted by molar-refractivity contribution is 6.21. The molecule has 1 atom stereocenters. The summed E-state index contributed by atoms with van der Waals surface area (Å²) < 4.78 is 13.6. The number of benzene rings is 3. The zero-order valence-electron chi connectivity index (χ0n) is 22.8. The van der Waals surface area contributed by atoms with Gasteiger partial charge >= 0.3 is 0 Å². The first-order chi connectivity index (χ1) is 19.2. The molecule has 0 aliphatic carbocycles. The highest BCUT2D eigenvalue weighted by Crippen LogP contribution is 2.23. The van der Waals surface area contributed by atoms with Crippen molar-refractivity contribution in [2.75, 3.05) is 13.1 Å². The van der Waals surface area contributed by atoms with Crippen molar-refractivity contribution in [3.05, 3.63) is 107 Å². The molecule has 8 heteroatoms. The number of hydrogen-bond donors (Lipinski definition) is 1. The fourth-order valence-corrected chi connectivity index (χ4v) is 4.74. The third kappa shape index (κ3) is 7.00. The Morgan fingerprint density at radius 3 is 2.05 bits per heavy atom. The second kappa shape index (κ2) is 13.2. The summed E-state index contributed by atoms with van der Waals surface area (Å²) in [5.41, 5.74) is 2.31. The van der Waals surface area contributed by atoms with Crippen LogP contribution in [-0.4, -0.2) is 52.6 Å². The van der Waals surface area contributed by atoms with Crippen molar-refractivity contribution in [3.8, 4) is 0 Å². The predicted molar refractivity (Wildman–Crippen MR) is 150 cm³/mol. The van der Waals surface area contributed by atoms with Crippen molar-refractivity contribution in [3.63, 3.8) is 0 Å². The molecule has 3 aromatic carbocycles. The van der Waals surface area contributed by atoms with Crippen molar-refractivity contribution in [2.24, 2.45) is 5.92 Å². The van der Waals surface area contributed by atoms with Crippen LogP contribution in [0.1, 0.15) is 58.5 Å². The van der Waals surface area contributed by atoms with E-state index in [1.54, 1.807) is 36.4 Å². The molecule has 4 amide bonds. The lowest BCUT2D eigenvalue weighted by atomic mass is 10.0. The smallest absolute Gasteiger partial charge is 0.261 e. The standard InChI is InChI=1S/C32H34FN3O4/c1-22(2)20-34-30(38)28(19-23-9-4-3-5-10-23)36(21-24-14-16-25(33)17-15-24)29(37)13-8-18-35-31(39)26-11-6-7-12-27(26)32(35)40/h3-7,9-12,14-17,22,28H,8,13,18-21H2,1-2H3,(H,34,38). The van der Waals surface area contributed by atoms with Crippen molar-refractivity contribution in [1.29, 1.82) is 0 Å². The van der Waals surface area contributed by atoms with Crippen molar-refractivity contribution in [2.45, 2.75) is 45.7 Å². The van der Waals surface area contributed by atoms with E-state index in [1.165, 1.54) is 21.9 Å². The van der Waals surface area contributed by atoms with E-state index >= 15 is 0 Å². The molecule has 0 radical (unpaired) electrons. The second-order valence-corrected chi connectivity index (χ2v) is 10.4. The molecule has 0 saturated carbocycles. The lowest BCUT2D eigenvalue weighted by Crippen LogP contribution is -2.51. The zero-order chi connectivity index (χ0) is 28.6. The van der Waals surface area contributed by atoms with Crippen molar-refractivity contribution < 1.29 is 23.6 Å². The first-order valence-corrected chi connectivity index (χ1v) is 13.6. The van der Waals surface area contributed by atoms with Crippen LogP contribution in [0.15, 0.2) is 78.9 Å². The molecular weight excluding hydrogens is 509 g/mol. The quantitative estimate of drug-likeness (QED) is 0.338. The van der Waals surface area contributed by atoms with E-state index < -0.39 is 11.9 Å². The highest BCUT2D eigenvalue weighted by atomic mass is 19.1. The Hall–Kier alpha value is -4.33. The van der Waals surface area contributed by atoms with Gasteiger partial charge in [-0.25, -0.2) is 4.39 Å². The second-order valence-electron chi connectivity index (χ2n) is 10.4. The van der Waals surface area contributed by atoms with Gasteiger partial charge < -0.3 is 10.2 Å². The Morgan fingerprint density at radius 1 is 0.850 bits per heavy atom. The number of rotatable bonds is 12. The number of hydrogen-bond acceptors (Lipinski definition) is 4. The molecular formula is C32H34FN3O4. The van der Waals surface area contributed by atoms with Gasteiger partial charge in [-0.3, -0.25) is 24.1 Å². The number of nitrogens with one attached hydrogen (secondary N) is 1. The summed E-state index contributed by atoms with van der Waals surface area (Å²) in [6, 6.07) is 21.2. The molecule has 1 N–H and O–H groups in total. The van der Waals surface area contributed by atoms with Crippen LogP contribution < -0.4 is 5.32 Å². The fraction of sp³-hybridized carbons (Fsp3) is 0.312. The number of amides is 4. The van der Waals surface area contributed by atoms with Gasteiger partial charge in [0.2, 0.25) is 11.8 Å². The van der Waals surface area contributed by atoms with Crippen LogP contribution in [0.3, 0.4) is 0 Å². The molecule has 1 unspecified atom stereocenters. The van der Waals surface area contributed by atoms with E-state index in [0.717, 1.165) is 5.56 Å². The van der Waals surface area contributed by atoms with Gasteiger partial charge in [0.25, 0.3) is 11.8 Å². The number of carbonyl (C=O) groups is 4. The van der Waals surface area contributed by atoms with Gasteiger partial charge in [0.1, 0.15) is 11.9 Å². The normalized spacial score (nSPS) is 13.3. The maximum absolute atomic E-state index is 13.7. The minimum atomic E-state index is -0.807. The molecule has 3 aromatic rings. The third-order valence-corrected chi connectivity index (χ3v) is 6.87. The summed E-state index contributed by atoms with van der Waals surface area (Å²) in [6.45, 7) is 4.65. The van der Waals surface area contributed by atoms with Crippen LogP contribution in [0.5, 0.6) is 0 Å². The van der Waals surface area contributed by atoms with E-state index in [2.05, 4.69) is 5.32 Å². The number of imide groups is 1. The highest BCUT2D eigenvalue weighted by Gasteiger charge is 2.35. The third-order valence-electron chi connectivity index (χ3n) is 6.87. The molecule has 0 saturated heterocycles. The summed E-state index contributed by atoms with van der Waals surface area (Å²) in [5.74, 6) is -1.47. The topological polar surface area (TPSA) is 86.8 Å². The Labute approximate surface area is 234 Å². The van der Waals surface area contributed by atoms with Crippen LogP contribution in [0.2, 0.25) is 0 Å². The van der Waals surface area contributed by atoms with Gasteiger partial charge in [-0.2, -0.15) is 0 Å². The number of halogens is 1. The molecule has 0 spiro atoms. The SMILES string of the molecule is CC(C)CNC(=O)C(Cc1ccccc1)N(Cc1ccc(F)cc1)C(=O)CCCN1C(=O)c2ccccc2C1=O. The van der Waals surface area contributed by atoms with Crippen LogP contribution in [0.25, 0.3) is 0 Å². The van der Waals surface area contributed by atoms with Gasteiger partial charge in [0.05, 0.1) is 11.1 Å². The molecule has 0 fully saturated rings. The Bertz CT molecular complexity index is 1320. The van der Waals surface area contributed by atoms with E-state index in [1.807, 2.05) is 44.2 Å². The molecule has 0 aromatic heterocycles. The van der Waals surface area contributed by atoms with Crippen LogP contribution in [-0.2, 0) is 22.6 Å². The molecule has 1 aliphatic rings. The van der Waals surface area contributed by atoms with E-state index in [0.29, 0.717) is 29.7 Å². The predicted octanol–water partition coefficient (Wildman–Crippen LogP) is 4.61. The fourth-order valence-electron chi connectivity index (χ4n) is 4.74. The lowest BCUT2D eigenvalue weighted by molar-refractivity contribution is -0.141. The number of fused-ring (bicyclic) bond motifs is 1. The van der Waals surface area contributed by atoms with Gasteiger partial charge in [0, 0.05) is 32.5 Å². The molecule has 208 valence electrons.